The van der Waals surface area contributed by atoms with E-state index in [4.69, 9.17) is 14.7 Å². The first-order valence-electron chi connectivity index (χ1n) is 14.1. The molecule has 0 amide bonds. The van der Waals surface area contributed by atoms with Crippen molar-refractivity contribution in [2.75, 3.05) is 37.0 Å². The average molecular weight is 557 g/mol. The Morgan fingerprint density at radius 3 is 2.55 bits per heavy atom. The summed E-state index contributed by atoms with van der Waals surface area (Å²) in [5, 5.41) is 22.0. The number of pyridine rings is 2. The van der Waals surface area contributed by atoms with Gasteiger partial charge in [0.1, 0.15) is 17.3 Å². The maximum Gasteiger partial charge on any atom is 0.128 e. The standard InChI is InChI=1S/C33H32N8O/c1-42-23-31(25-10-3-2-4-11-25)37-32-19-27(18-29(36-32)26-12-7-9-24(17-26)20-34)30-22-41(39-38-30)21-28-13-8-14-33(35-28)40-15-5-6-16-40/h2-4,7-14,17-19,22,31H,5-6,15-16,21,23H2,1H3,(H,36,37). The van der Waals surface area contributed by atoms with Gasteiger partial charge in [-0.25, -0.2) is 14.6 Å². The van der Waals surface area contributed by atoms with Gasteiger partial charge in [-0.1, -0.05) is 53.7 Å². The summed E-state index contributed by atoms with van der Waals surface area (Å²) in [4.78, 5) is 12.1. The maximum atomic E-state index is 9.48. The minimum Gasteiger partial charge on any atom is -0.382 e. The third-order valence-electron chi connectivity index (χ3n) is 7.35. The van der Waals surface area contributed by atoms with Crippen LogP contribution < -0.4 is 10.2 Å². The Kier molecular flexibility index (Phi) is 8.15. The van der Waals surface area contributed by atoms with Crippen LogP contribution in [0.25, 0.3) is 22.5 Å². The molecular formula is C33H32N8O. The number of hydrogen-bond acceptors (Lipinski definition) is 8. The molecule has 1 atom stereocenters. The SMILES string of the molecule is COCC(Nc1cc(-c2cn(Cc3cccc(N4CCCC4)n3)nn2)cc(-c2cccc(C#N)c2)n1)c1ccccc1. The van der Waals surface area contributed by atoms with Gasteiger partial charge in [0.05, 0.1) is 48.4 Å². The number of nitrogens with one attached hydrogen (secondary N) is 1. The van der Waals surface area contributed by atoms with Crippen molar-refractivity contribution < 1.29 is 4.74 Å². The predicted octanol–water partition coefficient (Wildman–Crippen LogP) is 5.72. The van der Waals surface area contributed by atoms with Crippen molar-refractivity contribution in [2.45, 2.75) is 25.4 Å². The molecule has 0 bridgehead atoms. The van der Waals surface area contributed by atoms with Crippen molar-refractivity contribution in [3.05, 3.63) is 108 Å². The third kappa shape index (κ3) is 6.29. The largest absolute Gasteiger partial charge is 0.382 e. The van der Waals surface area contributed by atoms with Crippen LogP contribution in [0.3, 0.4) is 0 Å². The van der Waals surface area contributed by atoms with Crippen LogP contribution >= 0.6 is 0 Å². The number of anilines is 2. The van der Waals surface area contributed by atoms with Gasteiger partial charge < -0.3 is 15.0 Å². The maximum absolute atomic E-state index is 9.48. The van der Waals surface area contributed by atoms with Crippen molar-refractivity contribution in [2.24, 2.45) is 0 Å². The van der Waals surface area contributed by atoms with Gasteiger partial charge in [-0.05, 0) is 54.8 Å². The number of benzene rings is 2. The molecule has 1 fully saturated rings. The molecular weight excluding hydrogens is 524 g/mol. The molecule has 42 heavy (non-hydrogen) atoms. The summed E-state index contributed by atoms with van der Waals surface area (Å²) in [6.07, 6.45) is 4.35. The van der Waals surface area contributed by atoms with Crippen LogP contribution in [0.1, 0.15) is 35.7 Å². The van der Waals surface area contributed by atoms with E-state index in [9.17, 15) is 5.26 Å². The van der Waals surface area contributed by atoms with E-state index in [1.807, 2.05) is 65.5 Å². The van der Waals surface area contributed by atoms with Crippen molar-refractivity contribution in [1.82, 2.24) is 25.0 Å². The van der Waals surface area contributed by atoms with Crippen LogP contribution in [0.2, 0.25) is 0 Å². The van der Waals surface area contributed by atoms with Crippen molar-refractivity contribution >= 4 is 11.6 Å². The van der Waals surface area contributed by atoms with Gasteiger partial charge in [-0.3, -0.25) is 0 Å². The molecule has 3 aromatic heterocycles. The summed E-state index contributed by atoms with van der Waals surface area (Å²) in [6, 6.07) is 29.8. The number of nitriles is 1. The van der Waals surface area contributed by atoms with E-state index in [1.54, 1.807) is 13.2 Å². The summed E-state index contributed by atoms with van der Waals surface area (Å²) in [5.41, 5.74) is 5.76. The van der Waals surface area contributed by atoms with Crippen molar-refractivity contribution in [1.29, 1.82) is 5.26 Å². The molecule has 0 aliphatic carbocycles. The first kappa shape index (κ1) is 27.1. The summed E-state index contributed by atoms with van der Waals surface area (Å²) < 4.78 is 7.34. The van der Waals surface area contributed by atoms with E-state index >= 15 is 0 Å². The van der Waals surface area contributed by atoms with E-state index in [-0.39, 0.29) is 6.04 Å². The molecule has 1 aliphatic heterocycles. The van der Waals surface area contributed by atoms with E-state index in [0.717, 1.165) is 52.7 Å². The summed E-state index contributed by atoms with van der Waals surface area (Å²) in [6.45, 7) is 3.09. The molecule has 1 N–H and O–H groups in total. The Labute approximate surface area is 245 Å². The monoisotopic (exact) mass is 556 g/mol. The second-order valence-electron chi connectivity index (χ2n) is 10.4. The van der Waals surface area contributed by atoms with E-state index in [2.05, 4.69) is 50.9 Å². The van der Waals surface area contributed by atoms with Crippen molar-refractivity contribution in [3.8, 4) is 28.6 Å². The molecule has 6 rings (SSSR count). The number of nitrogens with zero attached hydrogens (tertiary/aromatic N) is 7. The number of methoxy groups -OCH3 is 1. The van der Waals surface area contributed by atoms with Crippen LogP contribution in [0.4, 0.5) is 11.6 Å². The lowest BCUT2D eigenvalue weighted by atomic mass is 10.0. The van der Waals surface area contributed by atoms with Gasteiger partial charge in [0, 0.05) is 31.3 Å². The number of ether oxygens (including phenoxy) is 1. The van der Waals surface area contributed by atoms with E-state index < -0.39 is 0 Å². The lowest BCUT2D eigenvalue weighted by Gasteiger charge is -2.20. The van der Waals surface area contributed by atoms with Gasteiger partial charge in [-0.15, -0.1) is 5.10 Å². The van der Waals surface area contributed by atoms with Gasteiger partial charge in [-0.2, -0.15) is 5.26 Å². The zero-order valence-electron chi connectivity index (χ0n) is 23.5. The predicted molar refractivity (Wildman–Crippen MR) is 163 cm³/mol. The first-order chi connectivity index (χ1) is 20.7. The second-order valence-corrected chi connectivity index (χ2v) is 10.4. The third-order valence-corrected chi connectivity index (χ3v) is 7.35. The number of rotatable bonds is 10. The minimum absolute atomic E-state index is 0.109. The molecule has 0 radical (unpaired) electrons. The lowest BCUT2D eigenvalue weighted by molar-refractivity contribution is 0.186. The summed E-state index contributed by atoms with van der Waals surface area (Å²) in [7, 11) is 1.69. The first-order valence-corrected chi connectivity index (χ1v) is 14.1. The number of hydrogen-bond donors (Lipinski definition) is 1. The normalized spacial score (nSPS) is 13.6. The molecule has 210 valence electrons. The van der Waals surface area contributed by atoms with Crippen LogP contribution in [0, 0.1) is 11.3 Å². The molecule has 9 nitrogen and oxygen atoms in total. The minimum atomic E-state index is -0.109. The van der Waals surface area contributed by atoms with Crippen LogP contribution in [0.5, 0.6) is 0 Å². The molecule has 1 saturated heterocycles. The molecule has 0 saturated carbocycles. The fourth-order valence-corrected chi connectivity index (χ4v) is 5.25. The molecule has 0 spiro atoms. The summed E-state index contributed by atoms with van der Waals surface area (Å²) in [5.74, 6) is 1.69. The van der Waals surface area contributed by atoms with Gasteiger partial charge in [0.25, 0.3) is 0 Å². The van der Waals surface area contributed by atoms with Crippen LogP contribution in [-0.2, 0) is 11.3 Å². The molecule has 4 heterocycles. The Morgan fingerprint density at radius 1 is 0.905 bits per heavy atom. The highest BCUT2D eigenvalue weighted by molar-refractivity contribution is 5.72. The summed E-state index contributed by atoms with van der Waals surface area (Å²) >= 11 is 0. The molecule has 5 aromatic rings. The molecule has 1 aliphatic rings. The smallest absolute Gasteiger partial charge is 0.128 e. The quantitative estimate of drug-likeness (QED) is 0.233. The highest BCUT2D eigenvalue weighted by Gasteiger charge is 2.17. The lowest BCUT2D eigenvalue weighted by Crippen LogP contribution is -2.19. The molecule has 1 unspecified atom stereocenters. The zero-order chi connectivity index (χ0) is 28.7. The Balaban J connectivity index is 1.32. The van der Waals surface area contributed by atoms with Crippen molar-refractivity contribution in [3.63, 3.8) is 0 Å². The zero-order valence-corrected chi connectivity index (χ0v) is 23.5. The molecule has 2 aromatic carbocycles. The van der Waals surface area contributed by atoms with E-state index in [0.29, 0.717) is 24.5 Å². The van der Waals surface area contributed by atoms with E-state index in [1.165, 1.54) is 12.8 Å². The van der Waals surface area contributed by atoms with Gasteiger partial charge >= 0.3 is 0 Å². The van der Waals surface area contributed by atoms with Crippen LogP contribution in [-0.4, -0.2) is 51.8 Å². The topological polar surface area (TPSA) is 105 Å². The fourth-order valence-electron chi connectivity index (χ4n) is 5.25. The second kappa shape index (κ2) is 12.6. The highest BCUT2D eigenvalue weighted by Crippen LogP contribution is 2.29. The highest BCUT2D eigenvalue weighted by atomic mass is 16.5. The van der Waals surface area contributed by atoms with Gasteiger partial charge in [0.15, 0.2) is 0 Å². The fraction of sp³-hybridized carbons (Fsp3) is 0.242. The Bertz CT molecular complexity index is 1690. The number of aromatic nitrogens is 5. The average Bonchev–Trinajstić information content (AvgIpc) is 3.75. The van der Waals surface area contributed by atoms with Gasteiger partial charge in [0.2, 0.25) is 0 Å². The Hall–Kier alpha value is -5.07. The van der Waals surface area contributed by atoms with Crippen LogP contribution in [0.15, 0.2) is 91.1 Å². The molecule has 9 heteroatoms. The Morgan fingerprint density at radius 2 is 1.74 bits per heavy atom.